The molecular weight excluding hydrogens is 344 g/mol. The highest BCUT2D eigenvalue weighted by molar-refractivity contribution is 5.45. The Morgan fingerprint density at radius 3 is 2.70 bits per heavy atom. The minimum Gasteiger partial charge on any atom is -0.361 e. The van der Waals surface area contributed by atoms with Gasteiger partial charge in [0, 0.05) is 45.4 Å². The summed E-state index contributed by atoms with van der Waals surface area (Å²) in [5.41, 5.74) is 1.54. The Morgan fingerprint density at radius 2 is 1.96 bits per heavy atom. The van der Waals surface area contributed by atoms with E-state index in [0.29, 0.717) is 12.5 Å². The van der Waals surface area contributed by atoms with E-state index in [2.05, 4.69) is 25.2 Å². The number of rotatable bonds is 4. The molecule has 4 heterocycles. The highest BCUT2D eigenvalue weighted by Gasteiger charge is 2.25. The fraction of sp³-hybridized carbons (Fsp3) is 0.500. The minimum atomic E-state index is 0.0241. The van der Waals surface area contributed by atoms with Crippen molar-refractivity contribution in [1.82, 2.24) is 34.3 Å². The van der Waals surface area contributed by atoms with Crippen LogP contribution in [0.25, 0.3) is 5.65 Å². The molecule has 0 spiro atoms. The zero-order chi connectivity index (χ0) is 19.0. The first kappa shape index (κ1) is 17.6. The fourth-order valence-electron chi connectivity index (χ4n) is 3.55. The molecule has 0 unspecified atom stereocenters. The summed E-state index contributed by atoms with van der Waals surface area (Å²) in [7, 11) is 5.68. The van der Waals surface area contributed by atoms with Gasteiger partial charge in [0.2, 0.25) is 0 Å². The van der Waals surface area contributed by atoms with Crippen molar-refractivity contribution in [3.05, 3.63) is 46.4 Å². The molecule has 27 heavy (non-hydrogen) atoms. The number of anilines is 1. The summed E-state index contributed by atoms with van der Waals surface area (Å²) in [6.45, 7) is 2.45. The van der Waals surface area contributed by atoms with E-state index < -0.39 is 0 Å². The summed E-state index contributed by atoms with van der Waals surface area (Å²) in [4.78, 5) is 20.6. The van der Waals surface area contributed by atoms with Gasteiger partial charge in [-0.3, -0.25) is 9.69 Å². The number of nitrogens with zero attached hydrogens (tertiary/aromatic N) is 8. The van der Waals surface area contributed by atoms with Gasteiger partial charge in [-0.25, -0.2) is 4.98 Å². The largest absolute Gasteiger partial charge is 0.361 e. The number of fused-ring (bicyclic) bond motifs is 1. The average Bonchev–Trinajstić information content (AvgIpc) is 3.09. The maximum atomic E-state index is 12.2. The van der Waals surface area contributed by atoms with Gasteiger partial charge in [0.05, 0.1) is 6.33 Å². The van der Waals surface area contributed by atoms with E-state index in [0.717, 1.165) is 48.8 Å². The van der Waals surface area contributed by atoms with Gasteiger partial charge in [0.25, 0.3) is 5.56 Å². The predicted octanol–water partition coefficient (Wildman–Crippen LogP) is 0.664. The summed E-state index contributed by atoms with van der Waals surface area (Å²) in [6.07, 6.45) is 5.15. The van der Waals surface area contributed by atoms with E-state index in [1.165, 1.54) is 4.57 Å². The van der Waals surface area contributed by atoms with Crippen molar-refractivity contribution in [3.63, 3.8) is 0 Å². The highest BCUT2D eigenvalue weighted by Crippen LogP contribution is 2.27. The number of hydrogen-bond acceptors (Lipinski definition) is 7. The molecule has 1 aliphatic heterocycles. The molecule has 0 saturated carbocycles. The number of piperidine rings is 1. The third kappa shape index (κ3) is 3.42. The second-order valence-corrected chi connectivity index (χ2v) is 7.30. The van der Waals surface area contributed by atoms with Crippen molar-refractivity contribution < 1.29 is 0 Å². The molecule has 3 aromatic heterocycles. The molecule has 0 aliphatic carbocycles. The third-order valence-corrected chi connectivity index (χ3v) is 5.14. The van der Waals surface area contributed by atoms with Gasteiger partial charge in [-0.2, -0.15) is 4.52 Å². The van der Waals surface area contributed by atoms with Gasteiger partial charge in [0.15, 0.2) is 11.5 Å². The Balaban J connectivity index is 1.48. The summed E-state index contributed by atoms with van der Waals surface area (Å²) < 4.78 is 3.39. The van der Waals surface area contributed by atoms with Crippen LogP contribution < -0.4 is 10.5 Å². The molecule has 142 valence electrons. The van der Waals surface area contributed by atoms with Crippen LogP contribution in [0.3, 0.4) is 0 Å². The maximum absolute atomic E-state index is 12.2. The highest BCUT2D eigenvalue weighted by atomic mass is 16.1. The zero-order valence-corrected chi connectivity index (χ0v) is 15.9. The van der Waals surface area contributed by atoms with Gasteiger partial charge in [-0.1, -0.05) is 0 Å². The molecule has 9 heteroatoms. The summed E-state index contributed by atoms with van der Waals surface area (Å²) in [5, 5.41) is 13.3. The lowest BCUT2D eigenvalue weighted by atomic mass is 9.96. The predicted molar refractivity (Wildman–Crippen MR) is 102 cm³/mol. The fourth-order valence-corrected chi connectivity index (χ4v) is 3.55. The Labute approximate surface area is 157 Å². The second-order valence-electron chi connectivity index (χ2n) is 7.30. The number of hydrogen-bond donors (Lipinski definition) is 0. The van der Waals surface area contributed by atoms with Crippen LogP contribution in [0.4, 0.5) is 5.82 Å². The first-order valence-electron chi connectivity index (χ1n) is 9.14. The van der Waals surface area contributed by atoms with Crippen LogP contribution in [0.2, 0.25) is 0 Å². The van der Waals surface area contributed by atoms with Gasteiger partial charge in [-0.05, 0) is 38.1 Å². The zero-order valence-electron chi connectivity index (χ0n) is 15.9. The average molecular weight is 368 g/mol. The van der Waals surface area contributed by atoms with Crippen LogP contribution in [0.1, 0.15) is 30.1 Å². The molecule has 0 aromatic carbocycles. The van der Waals surface area contributed by atoms with E-state index in [9.17, 15) is 4.79 Å². The Bertz CT molecular complexity index is 1000. The summed E-state index contributed by atoms with van der Waals surface area (Å²) >= 11 is 0. The van der Waals surface area contributed by atoms with E-state index in [4.69, 9.17) is 0 Å². The molecule has 9 nitrogen and oxygen atoms in total. The molecule has 4 rings (SSSR count). The Hall–Kier alpha value is -2.81. The first-order chi connectivity index (χ1) is 13.0. The van der Waals surface area contributed by atoms with E-state index >= 15 is 0 Å². The van der Waals surface area contributed by atoms with Gasteiger partial charge in [0.1, 0.15) is 5.82 Å². The lowest BCUT2D eigenvalue weighted by Crippen LogP contribution is -2.35. The molecule has 0 radical (unpaired) electrons. The molecule has 0 atom stereocenters. The van der Waals surface area contributed by atoms with Crippen molar-refractivity contribution in [2.24, 2.45) is 7.05 Å². The number of likely N-dealkylation sites (tertiary alicyclic amines) is 1. The molecule has 1 fully saturated rings. The van der Waals surface area contributed by atoms with Crippen molar-refractivity contribution >= 4 is 11.5 Å². The van der Waals surface area contributed by atoms with Crippen molar-refractivity contribution in [2.75, 3.05) is 32.1 Å². The van der Waals surface area contributed by atoms with E-state index in [-0.39, 0.29) is 5.56 Å². The van der Waals surface area contributed by atoms with Crippen LogP contribution in [-0.4, -0.2) is 61.4 Å². The summed E-state index contributed by atoms with van der Waals surface area (Å²) in [5.74, 6) is 2.12. The Morgan fingerprint density at radius 1 is 1.19 bits per heavy atom. The monoisotopic (exact) mass is 368 g/mol. The van der Waals surface area contributed by atoms with Crippen LogP contribution in [0.5, 0.6) is 0 Å². The van der Waals surface area contributed by atoms with Gasteiger partial charge < -0.3 is 9.47 Å². The van der Waals surface area contributed by atoms with Crippen molar-refractivity contribution in [3.8, 4) is 0 Å². The molecule has 0 amide bonds. The van der Waals surface area contributed by atoms with Crippen LogP contribution in [0.15, 0.2) is 29.5 Å². The smallest absolute Gasteiger partial charge is 0.257 e. The molecule has 1 saturated heterocycles. The standard InChI is InChI=1S/C18H24N8O/c1-23(2)16-5-4-15-20-21-17(26(15)22-16)13-6-8-25(9-7-13)11-14-10-19-12-24(3)18(14)27/h4-5,10,12-13H,6-9,11H2,1-3H3. The van der Waals surface area contributed by atoms with E-state index in [1.807, 2.05) is 35.6 Å². The molecular formula is C18H24N8O. The lowest BCUT2D eigenvalue weighted by Gasteiger charge is -2.30. The van der Waals surface area contributed by atoms with Crippen molar-refractivity contribution in [2.45, 2.75) is 25.3 Å². The van der Waals surface area contributed by atoms with Crippen LogP contribution in [-0.2, 0) is 13.6 Å². The number of aryl methyl sites for hydroxylation is 1. The SMILES string of the molecule is CN(C)c1ccc2nnc(C3CCN(Cc4cncn(C)c4=O)CC3)n2n1. The van der Waals surface area contributed by atoms with Gasteiger partial charge in [-0.15, -0.1) is 15.3 Å². The van der Waals surface area contributed by atoms with Crippen LogP contribution >= 0.6 is 0 Å². The molecule has 1 aliphatic rings. The van der Waals surface area contributed by atoms with Crippen molar-refractivity contribution in [1.29, 1.82) is 0 Å². The normalized spacial score (nSPS) is 16.1. The molecule has 0 N–H and O–H groups in total. The van der Waals surface area contributed by atoms with Crippen LogP contribution in [0, 0.1) is 0 Å². The minimum absolute atomic E-state index is 0.0241. The van der Waals surface area contributed by atoms with E-state index in [1.54, 1.807) is 19.6 Å². The maximum Gasteiger partial charge on any atom is 0.257 e. The second kappa shape index (κ2) is 7.07. The first-order valence-corrected chi connectivity index (χ1v) is 9.14. The lowest BCUT2D eigenvalue weighted by molar-refractivity contribution is 0.199. The topological polar surface area (TPSA) is 84.5 Å². The Kier molecular flexibility index (Phi) is 4.61. The summed E-state index contributed by atoms with van der Waals surface area (Å²) in [6, 6.07) is 3.90. The molecule has 3 aromatic rings. The quantitative estimate of drug-likeness (QED) is 0.669. The number of aromatic nitrogens is 6. The molecule has 0 bridgehead atoms. The van der Waals surface area contributed by atoms with Gasteiger partial charge >= 0.3 is 0 Å². The third-order valence-electron chi connectivity index (χ3n) is 5.14.